The molecule has 2 fully saturated rings. The van der Waals surface area contributed by atoms with E-state index in [9.17, 15) is 0 Å². The van der Waals surface area contributed by atoms with Gasteiger partial charge >= 0.3 is 0 Å². The van der Waals surface area contributed by atoms with Crippen LogP contribution in [-0.4, -0.2) is 48.1 Å². The van der Waals surface area contributed by atoms with Gasteiger partial charge < -0.3 is 15.1 Å². The van der Waals surface area contributed by atoms with Crippen LogP contribution in [0.15, 0.2) is 16.5 Å². The SMILES string of the molecule is Cc1ccc(CN(C)C2(CN)CC3CCC(C2)N3C)o1. The zero-order valence-corrected chi connectivity index (χ0v) is 12.9. The molecule has 3 rings (SSSR count). The van der Waals surface area contributed by atoms with Gasteiger partial charge in [-0.1, -0.05) is 0 Å². The molecule has 2 aliphatic heterocycles. The number of nitrogens with zero attached hydrogens (tertiary/aromatic N) is 2. The van der Waals surface area contributed by atoms with Crippen molar-refractivity contribution >= 4 is 0 Å². The number of nitrogens with two attached hydrogens (primary N) is 1. The lowest BCUT2D eigenvalue weighted by Gasteiger charge is -2.49. The predicted molar refractivity (Wildman–Crippen MR) is 80.5 cm³/mol. The Bertz CT molecular complexity index is 456. The zero-order valence-electron chi connectivity index (χ0n) is 12.9. The van der Waals surface area contributed by atoms with E-state index in [4.69, 9.17) is 10.2 Å². The van der Waals surface area contributed by atoms with Crippen molar-refractivity contribution < 1.29 is 4.42 Å². The van der Waals surface area contributed by atoms with Gasteiger partial charge in [-0.2, -0.15) is 0 Å². The van der Waals surface area contributed by atoms with Crippen molar-refractivity contribution in [2.24, 2.45) is 5.73 Å². The molecule has 0 aliphatic carbocycles. The second kappa shape index (κ2) is 5.17. The second-order valence-corrected chi connectivity index (χ2v) is 6.76. The molecule has 1 aromatic heterocycles. The van der Waals surface area contributed by atoms with Crippen molar-refractivity contribution in [2.45, 2.75) is 56.8 Å². The standard InChI is InChI=1S/C16H27N3O/c1-12-4-7-15(20-12)10-18(2)16(11-17)8-13-5-6-14(9-16)19(13)3/h4,7,13-14H,5-6,8-11,17H2,1-3H3. The molecular weight excluding hydrogens is 250 g/mol. The Balaban J connectivity index is 1.75. The van der Waals surface area contributed by atoms with Crippen LogP contribution in [0.1, 0.15) is 37.2 Å². The highest BCUT2D eigenvalue weighted by atomic mass is 16.3. The molecule has 2 N–H and O–H groups in total. The van der Waals surface area contributed by atoms with Crippen LogP contribution in [0, 0.1) is 6.92 Å². The first-order valence-corrected chi connectivity index (χ1v) is 7.73. The summed E-state index contributed by atoms with van der Waals surface area (Å²) in [4.78, 5) is 5.00. The molecule has 4 heteroatoms. The molecule has 0 aromatic carbocycles. The maximum Gasteiger partial charge on any atom is 0.118 e. The number of aryl methyl sites for hydroxylation is 1. The molecule has 2 saturated heterocycles. The minimum Gasteiger partial charge on any atom is -0.465 e. The van der Waals surface area contributed by atoms with E-state index in [1.54, 1.807) is 0 Å². The van der Waals surface area contributed by atoms with Crippen molar-refractivity contribution in [3.05, 3.63) is 23.7 Å². The lowest BCUT2D eigenvalue weighted by Crippen LogP contribution is -2.60. The largest absolute Gasteiger partial charge is 0.465 e. The van der Waals surface area contributed by atoms with E-state index in [0.29, 0.717) is 12.1 Å². The molecule has 1 aromatic rings. The molecule has 4 nitrogen and oxygen atoms in total. The normalized spacial score (nSPS) is 34.0. The van der Waals surface area contributed by atoms with Gasteiger partial charge in [0.1, 0.15) is 11.5 Å². The Labute approximate surface area is 121 Å². The molecule has 3 heterocycles. The number of furan rings is 1. The first-order chi connectivity index (χ1) is 9.54. The summed E-state index contributed by atoms with van der Waals surface area (Å²) in [5.41, 5.74) is 6.34. The summed E-state index contributed by atoms with van der Waals surface area (Å²) in [6.45, 7) is 3.59. The fraction of sp³-hybridized carbons (Fsp3) is 0.750. The summed E-state index contributed by atoms with van der Waals surface area (Å²) in [6.07, 6.45) is 5.03. The highest BCUT2D eigenvalue weighted by Crippen LogP contribution is 2.42. The summed E-state index contributed by atoms with van der Waals surface area (Å²) in [5, 5.41) is 0. The lowest BCUT2D eigenvalue weighted by atomic mass is 9.81. The van der Waals surface area contributed by atoms with Crippen LogP contribution in [0.2, 0.25) is 0 Å². The topological polar surface area (TPSA) is 45.6 Å². The van der Waals surface area contributed by atoms with Gasteiger partial charge in [-0.25, -0.2) is 0 Å². The number of fused-ring (bicyclic) bond motifs is 2. The highest BCUT2D eigenvalue weighted by Gasteiger charge is 2.48. The fourth-order valence-corrected chi connectivity index (χ4v) is 4.15. The summed E-state index contributed by atoms with van der Waals surface area (Å²) in [6, 6.07) is 5.53. The van der Waals surface area contributed by atoms with Gasteiger partial charge in [0, 0.05) is 24.2 Å². The molecule has 0 amide bonds. The van der Waals surface area contributed by atoms with Crippen LogP contribution in [0.5, 0.6) is 0 Å². The van der Waals surface area contributed by atoms with Crippen LogP contribution in [0.4, 0.5) is 0 Å². The molecule has 2 atom stereocenters. The number of likely N-dealkylation sites (N-methyl/N-ethyl adjacent to an activating group) is 1. The van der Waals surface area contributed by atoms with Crippen LogP contribution >= 0.6 is 0 Å². The molecular formula is C16H27N3O. The monoisotopic (exact) mass is 277 g/mol. The molecule has 0 saturated carbocycles. The van der Waals surface area contributed by atoms with E-state index in [0.717, 1.165) is 24.6 Å². The zero-order chi connectivity index (χ0) is 14.3. The van der Waals surface area contributed by atoms with Crippen LogP contribution in [0.25, 0.3) is 0 Å². The summed E-state index contributed by atoms with van der Waals surface area (Å²) < 4.78 is 5.73. The third kappa shape index (κ3) is 2.30. The molecule has 2 aliphatic rings. The molecule has 2 unspecified atom stereocenters. The Morgan fingerprint density at radius 2 is 2.00 bits per heavy atom. The Hall–Kier alpha value is -0.840. The quantitative estimate of drug-likeness (QED) is 0.914. The van der Waals surface area contributed by atoms with E-state index in [1.807, 2.05) is 13.0 Å². The summed E-state index contributed by atoms with van der Waals surface area (Å²) >= 11 is 0. The molecule has 2 bridgehead atoms. The van der Waals surface area contributed by atoms with Crippen LogP contribution in [-0.2, 0) is 6.54 Å². The summed E-state index contributed by atoms with van der Waals surface area (Å²) in [7, 11) is 4.48. The van der Waals surface area contributed by atoms with Gasteiger partial charge in [-0.3, -0.25) is 4.90 Å². The van der Waals surface area contributed by atoms with Crippen molar-refractivity contribution in [3.63, 3.8) is 0 Å². The van der Waals surface area contributed by atoms with Crippen molar-refractivity contribution in [1.29, 1.82) is 0 Å². The molecule has 20 heavy (non-hydrogen) atoms. The van der Waals surface area contributed by atoms with E-state index >= 15 is 0 Å². The number of piperidine rings is 1. The first-order valence-electron chi connectivity index (χ1n) is 7.73. The lowest BCUT2D eigenvalue weighted by molar-refractivity contribution is 0.00854. The van der Waals surface area contributed by atoms with Crippen LogP contribution < -0.4 is 5.73 Å². The van der Waals surface area contributed by atoms with Gasteiger partial charge in [0.25, 0.3) is 0 Å². The van der Waals surface area contributed by atoms with Gasteiger partial charge in [-0.05, 0) is 58.8 Å². The fourth-order valence-electron chi connectivity index (χ4n) is 4.15. The van der Waals surface area contributed by atoms with E-state index in [1.165, 1.54) is 25.7 Å². The van der Waals surface area contributed by atoms with Gasteiger partial charge in [0.05, 0.1) is 6.54 Å². The average Bonchev–Trinajstić information content (AvgIpc) is 2.90. The van der Waals surface area contributed by atoms with Crippen molar-refractivity contribution in [1.82, 2.24) is 9.80 Å². The summed E-state index contributed by atoms with van der Waals surface area (Å²) in [5.74, 6) is 2.03. The average molecular weight is 277 g/mol. The maximum atomic E-state index is 6.20. The molecule has 112 valence electrons. The van der Waals surface area contributed by atoms with E-state index in [2.05, 4.69) is 30.0 Å². The van der Waals surface area contributed by atoms with Crippen molar-refractivity contribution in [2.75, 3.05) is 20.6 Å². The highest BCUT2D eigenvalue weighted by molar-refractivity contribution is 5.09. The smallest absolute Gasteiger partial charge is 0.118 e. The number of rotatable bonds is 4. The van der Waals surface area contributed by atoms with Crippen LogP contribution in [0.3, 0.4) is 0 Å². The van der Waals surface area contributed by atoms with Crippen molar-refractivity contribution in [3.8, 4) is 0 Å². The minimum absolute atomic E-state index is 0.138. The number of hydrogen-bond donors (Lipinski definition) is 1. The Morgan fingerprint density at radius 1 is 1.35 bits per heavy atom. The Kier molecular flexibility index (Phi) is 3.65. The Morgan fingerprint density at radius 3 is 2.50 bits per heavy atom. The minimum atomic E-state index is 0.138. The third-order valence-electron chi connectivity index (χ3n) is 5.59. The van der Waals surface area contributed by atoms with E-state index < -0.39 is 0 Å². The maximum absolute atomic E-state index is 6.20. The molecule has 0 spiro atoms. The number of hydrogen-bond acceptors (Lipinski definition) is 4. The first kappa shape index (κ1) is 14.1. The third-order valence-corrected chi connectivity index (χ3v) is 5.59. The van der Waals surface area contributed by atoms with Gasteiger partial charge in [-0.15, -0.1) is 0 Å². The van der Waals surface area contributed by atoms with Gasteiger partial charge in [0.2, 0.25) is 0 Å². The van der Waals surface area contributed by atoms with Gasteiger partial charge in [0.15, 0.2) is 0 Å². The molecule has 0 radical (unpaired) electrons. The predicted octanol–water partition coefficient (Wildman–Crippen LogP) is 1.97. The van der Waals surface area contributed by atoms with E-state index in [-0.39, 0.29) is 5.54 Å². The second-order valence-electron chi connectivity index (χ2n) is 6.76.